The van der Waals surface area contributed by atoms with E-state index < -0.39 is 41.3 Å². The highest BCUT2D eigenvalue weighted by Crippen LogP contribution is 2.18. The minimum absolute atomic E-state index is 0.0379. The molecular formula is C15H29N3O4S. The Morgan fingerprint density at radius 3 is 2.04 bits per heavy atom. The fraction of sp³-hybridized carbons (Fsp3) is 0.800. The molecule has 134 valence electrons. The second-order valence-corrected chi connectivity index (χ2v) is 7.16. The van der Waals surface area contributed by atoms with Gasteiger partial charge in [0.2, 0.25) is 11.8 Å². The van der Waals surface area contributed by atoms with Gasteiger partial charge in [0, 0.05) is 5.75 Å². The third-order valence-corrected chi connectivity index (χ3v) is 4.17. The van der Waals surface area contributed by atoms with Crippen molar-refractivity contribution >= 4 is 30.4 Å². The second-order valence-electron chi connectivity index (χ2n) is 6.80. The van der Waals surface area contributed by atoms with E-state index in [-0.39, 0.29) is 11.7 Å². The number of rotatable bonds is 8. The van der Waals surface area contributed by atoms with Crippen LogP contribution >= 0.6 is 12.6 Å². The first kappa shape index (κ1) is 21.7. The highest BCUT2D eigenvalue weighted by atomic mass is 32.1. The van der Waals surface area contributed by atoms with Crippen LogP contribution in [0.15, 0.2) is 0 Å². The van der Waals surface area contributed by atoms with Gasteiger partial charge < -0.3 is 21.5 Å². The molecule has 0 bridgehead atoms. The lowest BCUT2D eigenvalue weighted by molar-refractivity contribution is -0.141. The Morgan fingerprint density at radius 1 is 1.17 bits per heavy atom. The van der Waals surface area contributed by atoms with Crippen LogP contribution in [0, 0.1) is 11.3 Å². The van der Waals surface area contributed by atoms with Gasteiger partial charge in [-0.3, -0.25) is 9.59 Å². The van der Waals surface area contributed by atoms with Crippen molar-refractivity contribution in [1.82, 2.24) is 10.6 Å². The SMILES string of the molecule is CC[C@H](C)[C@H](NC(=O)[C@@H](N)C(C)(C)C)C(=O)N[C@@H](CS)C(=O)O. The van der Waals surface area contributed by atoms with Gasteiger partial charge in [0.25, 0.3) is 0 Å². The molecule has 0 heterocycles. The normalized spacial score (nSPS) is 16.8. The van der Waals surface area contributed by atoms with Gasteiger partial charge in [0.05, 0.1) is 6.04 Å². The summed E-state index contributed by atoms with van der Waals surface area (Å²) >= 11 is 3.91. The van der Waals surface area contributed by atoms with Crippen LogP contribution in [0.5, 0.6) is 0 Å². The minimum Gasteiger partial charge on any atom is -0.480 e. The summed E-state index contributed by atoms with van der Waals surface area (Å²) in [4.78, 5) is 35.6. The van der Waals surface area contributed by atoms with Crippen LogP contribution in [0.3, 0.4) is 0 Å². The smallest absolute Gasteiger partial charge is 0.327 e. The number of hydrogen-bond acceptors (Lipinski definition) is 5. The molecule has 0 spiro atoms. The molecule has 4 atom stereocenters. The molecule has 23 heavy (non-hydrogen) atoms. The molecular weight excluding hydrogens is 318 g/mol. The van der Waals surface area contributed by atoms with E-state index in [1.165, 1.54) is 0 Å². The summed E-state index contributed by atoms with van der Waals surface area (Å²) in [5.74, 6) is -2.36. The van der Waals surface area contributed by atoms with Crippen LogP contribution in [0.25, 0.3) is 0 Å². The quantitative estimate of drug-likeness (QED) is 0.407. The van der Waals surface area contributed by atoms with Crippen LogP contribution in [0.2, 0.25) is 0 Å². The molecule has 0 aliphatic heterocycles. The number of nitrogens with two attached hydrogens (primary N) is 1. The first-order valence-corrected chi connectivity index (χ1v) is 8.28. The molecule has 0 rings (SSSR count). The summed E-state index contributed by atoms with van der Waals surface area (Å²) in [6.07, 6.45) is 0.641. The lowest BCUT2D eigenvalue weighted by atomic mass is 9.86. The van der Waals surface area contributed by atoms with Crippen molar-refractivity contribution in [2.75, 3.05) is 5.75 Å². The number of nitrogens with one attached hydrogen (secondary N) is 2. The lowest BCUT2D eigenvalue weighted by Gasteiger charge is -2.30. The Bertz CT molecular complexity index is 437. The number of carbonyl (C=O) groups is 3. The number of amides is 2. The van der Waals surface area contributed by atoms with E-state index in [9.17, 15) is 14.4 Å². The van der Waals surface area contributed by atoms with E-state index in [0.29, 0.717) is 6.42 Å². The van der Waals surface area contributed by atoms with Gasteiger partial charge in [0.1, 0.15) is 12.1 Å². The molecule has 7 nitrogen and oxygen atoms in total. The molecule has 0 aliphatic carbocycles. The topological polar surface area (TPSA) is 122 Å². The zero-order chi connectivity index (χ0) is 18.4. The van der Waals surface area contributed by atoms with E-state index in [4.69, 9.17) is 10.8 Å². The molecule has 5 N–H and O–H groups in total. The van der Waals surface area contributed by atoms with Gasteiger partial charge in [-0.25, -0.2) is 4.79 Å². The van der Waals surface area contributed by atoms with Gasteiger partial charge in [-0.15, -0.1) is 0 Å². The molecule has 8 heteroatoms. The van der Waals surface area contributed by atoms with Crippen molar-refractivity contribution in [2.45, 2.75) is 59.2 Å². The van der Waals surface area contributed by atoms with Gasteiger partial charge in [-0.05, 0) is 11.3 Å². The number of carbonyl (C=O) groups excluding carboxylic acids is 2. The van der Waals surface area contributed by atoms with Crippen LogP contribution in [-0.2, 0) is 14.4 Å². The third kappa shape index (κ3) is 6.78. The van der Waals surface area contributed by atoms with Crippen molar-refractivity contribution in [2.24, 2.45) is 17.1 Å². The molecule has 0 aliphatic rings. The number of carboxylic acids is 1. The highest BCUT2D eigenvalue weighted by molar-refractivity contribution is 7.80. The van der Waals surface area contributed by atoms with Crippen LogP contribution in [-0.4, -0.2) is 46.8 Å². The van der Waals surface area contributed by atoms with Gasteiger partial charge in [0.15, 0.2) is 0 Å². The second kappa shape index (κ2) is 9.12. The molecule has 0 radical (unpaired) electrons. The maximum absolute atomic E-state index is 12.4. The Hall–Kier alpha value is -1.28. The van der Waals surface area contributed by atoms with Crippen molar-refractivity contribution < 1.29 is 19.5 Å². The summed E-state index contributed by atoms with van der Waals surface area (Å²) in [5.41, 5.74) is 5.46. The van der Waals surface area contributed by atoms with Crippen LogP contribution in [0.1, 0.15) is 41.0 Å². The zero-order valence-corrected chi connectivity index (χ0v) is 15.3. The largest absolute Gasteiger partial charge is 0.480 e. The Kier molecular flexibility index (Phi) is 8.61. The molecule has 0 unspecified atom stereocenters. The standard InChI is InChI=1S/C15H29N3O4S/c1-6-8(2)10(12(19)17-9(7-23)14(21)22)18-13(20)11(16)15(3,4)5/h8-11,23H,6-7,16H2,1-5H3,(H,17,19)(H,18,20)(H,21,22)/t8-,9-,10-,11+/m0/s1. The summed E-state index contributed by atoms with van der Waals surface area (Å²) in [5, 5.41) is 14.0. The number of carboxylic acid groups (broad SMARTS) is 1. The van der Waals surface area contributed by atoms with Gasteiger partial charge in [-0.2, -0.15) is 12.6 Å². The average Bonchev–Trinajstić information content (AvgIpc) is 2.46. The maximum Gasteiger partial charge on any atom is 0.327 e. The van der Waals surface area contributed by atoms with Crippen molar-refractivity contribution in [3.8, 4) is 0 Å². The summed E-state index contributed by atoms with van der Waals surface area (Å²) in [6.45, 7) is 9.18. The third-order valence-electron chi connectivity index (χ3n) is 3.81. The first-order chi connectivity index (χ1) is 10.4. The Morgan fingerprint density at radius 2 is 1.70 bits per heavy atom. The average molecular weight is 347 g/mol. The zero-order valence-electron chi connectivity index (χ0n) is 14.4. The molecule has 0 saturated carbocycles. The predicted octanol–water partition coefficient (Wildman–Crippen LogP) is 0.390. The highest BCUT2D eigenvalue weighted by Gasteiger charge is 2.33. The fourth-order valence-electron chi connectivity index (χ4n) is 1.79. The van der Waals surface area contributed by atoms with E-state index in [1.807, 2.05) is 34.6 Å². The monoisotopic (exact) mass is 347 g/mol. The Balaban J connectivity index is 5.12. The fourth-order valence-corrected chi connectivity index (χ4v) is 2.03. The molecule has 0 fully saturated rings. The first-order valence-electron chi connectivity index (χ1n) is 7.65. The molecule has 0 aromatic heterocycles. The van der Waals surface area contributed by atoms with E-state index in [2.05, 4.69) is 23.3 Å². The van der Waals surface area contributed by atoms with E-state index in [0.717, 1.165) is 0 Å². The maximum atomic E-state index is 12.4. The molecule has 0 saturated heterocycles. The van der Waals surface area contributed by atoms with Crippen LogP contribution < -0.4 is 16.4 Å². The summed E-state index contributed by atoms with van der Waals surface area (Å²) in [7, 11) is 0. The van der Waals surface area contributed by atoms with Crippen molar-refractivity contribution in [3.63, 3.8) is 0 Å². The van der Waals surface area contributed by atoms with Gasteiger partial charge in [-0.1, -0.05) is 41.0 Å². The molecule has 0 aromatic carbocycles. The van der Waals surface area contributed by atoms with Crippen molar-refractivity contribution in [1.29, 1.82) is 0 Å². The van der Waals surface area contributed by atoms with E-state index in [1.54, 1.807) is 0 Å². The molecule has 2 amide bonds. The summed E-state index contributed by atoms with van der Waals surface area (Å²) in [6, 6.07) is -2.73. The number of thiol groups is 1. The number of aliphatic carboxylic acids is 1. The summed E-state index contributed by atoms with van der Waals surface area (Å²) < 4.78 is 0. The molecule has 0 aromatic rings. The lowest BCUT2D eigenvalue weighted by Crippen LogP contribution is -2.58. The van der Waals surface area contributed by atoms with Crippen molar-refractivity contribution in [3.05, 3.63) is 0 Å². The number of hydrogen-bond donors (Lipinski definition) is 5. The van der Waals surface area contributed by atoms with Crippen LogP contribution in [0.4, 0.5) is 0 Å². The predicted molar refractivity (Wildman–Crippen MR) is 92.2 cm³/mol. The Labute approximate surface area is 143 Å². The van der Waals surface area contributed by atoms with Gasteiger partial charge >= 0.3 is 5.97 Å². The van der Waals surface area contributed by atoms with E-state index >= 15 is 0 Å². The minimum atomic E-state index is -1.17.